The van der Waals surface area contributed by atoms with Crippen molar-refractivity contribution in [1.82, 2.24) is 10.6 Å². The zero-order valence-corrected chi connectivity index (χ0v) is 17.0. The molecule has 2 amide bonds. The number of alkyl carbamates (subject to hydrolysis) is 1. The van der Waals surface area contributed by atoms with Gasteiger partial charge in [-0.25, -0.2) is 9.59 Å². The van der Waals surface area contributed by atoms with Crippen LogP contribution in [0, 0.1) is 0 Å². The molecular formula is C21H25ClN2O4. The van der Waals surface area contributed by atoms with E-state index in [0.717, 1.165) is 5.56 Å². The summed E-state index contributed by atoms with van der Waals surface area (Å²) in [6, 6.07) is 15.6. The topological polar surface area (TPSA) is 76.7 Å². The Kier molecular flexibility index (Phi) is 7.70. The predicted molar refractivity (Wildman–Crippen MR) is 109 cm³/mol. The quantitative estimate of drug-likeness (QED) is 0.703. The van der Waals surface area contributed by atoms with Crippen LogP contribution in [0.4, 0.5) is 9.59 Å². The number of carbonyl (C=O) groups is 2. The molecule has 1 atom stereocenters. The first-order chi connectivity index (χ1) is 13.2. The maximum Gasteiger partial charge on any atom is 0.412 e. The Morgan fingerprint density at radius 2 is 1.64 bits per heavy atom. The molecule has 2 aromatic carbocycles. The van der Waals surface area contributed by atoms with E-state index >= 15 is 0 Å². The van der Waals surface area contributed by atoms with Crippen molar-refractivity contribution < 1.29 is 19.1 Å². The highest BCUT2D eigenvalue weighted by atomic mass is 35.5. The molecule has 2 N–H and O–H groups in total. The van der Waals surface area contributed by atoms with Crippen molar-refractivity contribution in [3.05, 3.63) is 65.2 Å². The monoisotopic (exact) mass is 404 g/mol. The Balaban J connectivity index is 1.94. The zero-order valence-electron chi connectivity index (χ0n) is 16.2. The highest BCUT2D eigenvalue weighted by Gasteiger charge is 2.21. The van der Waals surface area contributed by atoms with Crippen LogP contribution in [-0.4, -0.2) is 24.3 Å². The second kappa shape index (κ2) is 9.99. The number of hydrogen-bond donors (Lipinski definition) is 2. The van der Waals surface area contributed by atoms with Gasteiger partial charge in [-0.2, -0.15) is 0 Å². The Bertz CT molecular complexity index is 773. The van der Waals surface area contributed by atoms with Gasteiger partial charge in [0.25, 0.3) is 0 Å². The molecule has 0 radical (unpaired) electrons. The van der Waals surface area contributed by atoms with Crippen LogP contribution in [0.15, 0.2) is 54.6 Å². The minimum absolute atomic E-state index is 0.300. The van der Waals surface area contributed by atoms with E-state index in [2.05, 4.69) is 10.6 Å². The van der Waals surface area contributed by atoms with Gasteiger partial charge in [0.2, 0.25) is 0 Å². The lowest BCUT2D eigenvalue weighted by Gasteiger charge is -2.24. The molecule has 0 aliphatic carbocycles. The van der Waals surface area contributed by atoms with Gasteiger partial charge in [-0.05, 0) is 57.0 Å². The second-order valence-electron chi connectivity index (χ2n) is 7.17. The summed E-state index contributed by atoms with van der Waals surface area (Å²) >= 11 is 5.95. The van der Waals surface area contributed by atoms with E-state index in [4.69, 9.17) is 21.1 Å². The van der Waals surface area contributed by atoms with E-state index in [1.165, 1.54) is 0 Å². The molecule has 0 heterocycles. The molecule has 7 heteroatoms. The van der Waals surface area contributed by atoms with Crippen molar-refractivity contribution in [3.63, 3.8) is 0 Å². The minimum atomic E-state index is -0.605. The molecule has 0 saturated carbocycles. The Labute approximate surface area is 170 Å². The van der Waals surface area contributed by atoms with Gasteiger partial charge in [-0.15, -0.1) is 0 Å². The normalized spacial score (nSPS) is 12.0. The number of hydrogen-bond acceptors (Lipinski definition) is 4. The van der Waals surface area contributed by atoms with Gasteiger partial charge in [0.15, 0.2) is 0 Å². The Morgan fingerprint density at radius 3 is 2.25 bits per heavy atom. The summed E-state index contributed by atoms with van der Waals surface area (Å²) < 4.78 is 10.5. The van der Waals surface area contributed by atoms with E-state index in [-0.39, 0.29) is 6.04 Å². The van der Waals surface area contributed by atoms with Gasteiger partial charge in [0, 0.05) is 11.6 Å². The number of carbonyl (C=O) groups excluding carboxylic acids is 2. The lowest BCUT2D eigenvalue weighted by molar-refractivity contribution is 0.0501. The molecule has 28 heavy (non-hydrogen) atoms. The lowest BCUT2D eigenvalue weighted by Crippen LogP contribution is -2.37. The van der Waals surface area contributed by atoms with Gasteiger partial charge < -0.3 is 20.1 Å². The number of halogens is 1. The second-order valence-corrected chi connectivity index (χ2v) is 7.60. The standard InChI is InChI=1S/C21H25ClN2O4/c1-21(2,3)28-20(26)24-18(15-9-11-16(22)12-10-15)13-14-23-19(25)27-17-7-5-4-6-8-17/h4-12,18H,13-14H2,1-3H3,(H,23,25)(H,24,26). The summed E-state index contributed by atoms with van der Waals surface area (Å²) in [5.74, 6) is 0.459. The van der Waals surface area contributed by atoms with E-state index in [1.54, 1.807) is 57.2 Å². The van der Waals surface area contributed by atoms with Crippen molar-refractivity contribution in [2.75, 3.05) is 6.54 Å². The molecule has 0 bridgehead atoms. The van der Waals surface area contributed by atoms with E-state index < -0.39 is 17.8 Å². The van der Waals surface area contributed by atoms with Crippen molar-refractivity contribution >= 4 is 23.8 Å². The highest BCUT2D eigenvalue weighted by molar-refractivity contribution is 6.30. The van der Waals surface area contributed by atoms with Gasteiger partial charge in [0.05, 0.1) is 6.04 Å². The van der Waals surface area contributed by atoms with Crippen LogP contribution in [0.2, 0.25) is 5.02 Å². The fourth-order valence-electron chi connectivity index (χ4n) is 2.42. The first kappa shape index (κ1) is 21.6. The predicted octanol–water partition coefficient (Wildman–Crippen LogP) is 5.08. The average molecular weight is 405 g/mol. The average Bonchev–Trinajstić information content (AvgIpc) is 2.61. The first-order valence-electron chi connectivity index (χ1n) is 8.98. The third-order valence-electron chi connectivity index (χ3n) is 3.62. The van der Waals surface area contributed by atoms with Crippen LogP contribution in [-0.2, 0) is 4.74 Å². The third kappa shape index (κ3) is 7.88. The van der Waals surface area contributed by atoms with Gasteiger partial charge in [0.1, 0.15) is 11.4 Å². The maximum absolute atomic E-state index is 12.2. The number of amides is 2. The smallest absolute Gasteiger partial charge is 0.412 e. The van der Waals surface area contributed by atoms with Crippen molar-refractivity contribution in [2.45, 2.75) is 38.8 Å². The molecule has 0 aliphatic heterocycles. The van der Waals surface area contributed by atoms with Crippen LogP contribution in [0.25, 0.3) is 0 Å². The molecule has 150 valence electrons. The number of nitrogens with one attached hydrogen (secondary N) is 2. The van der Waals surface area contributed by atoms with Crippen LogP contribution < -0.4 is 15.4 Å². The molecule has 0 spiro atoms. The largest absolute Gasteiger partial charge is 0.444 e. The van der Waals surface area contributed by atoms with Crippen molar-refractivity contribution in [2.24, 2.45) is 0 Å². The van der Waals surface area contributed by atoms with Crippen LogP contribution >= 0.6 is 11.6 Å². The lowest BCUT2D eigenvalue weighted by atomic mass is 10.0. The van der Waals surface area contributed by atoms with Crippen LogP contribution in [0.3, 0.4) is 0 Å². The maximum atomic E-state index is 12.2. The molecule has 1 unspecified atom stereocenters. The zero-order chi connectivity index (χ0) is 20.6. The summed E-state index contributed by atoms with van der Waals surface area (Å²) in [4.78, 5) is 24.1. The highest BCUT2D eigenvalue weighted by Crippen LogP contribution is 2.20. The molecule has 0 fully saturated rings. The van der Waals surface area contributed by atoms with Crippen LogP contribution in [0.5, 0.6) is 5.75 Å². The number of ether oxygens (including phenoxy) is 2. The Hall–Kier alpha value is -2.73. The Morgan fingerprint density at radius 1 is 1.00 bits per heavy atom. The fraction of sp³-hybridized carbons (Fsp3) is 0.333. The molecule has 0 saturated heterocycles. The molecule has 6 nitrogen and oxygen atoms in total. The first-order valence-corrected chi connectivity index (χ1v) is 9.36. The van der Waals surface area contributed by atoms with E-state index in [0.29, 0.717) is 23.7 Å². The molecule has 2 rings (SSSR count). The number of benzene rings is 2. The van der Waals surface area contributed by atoms with E-state index in [1.807, 2.05) is 18.2 Å². The summed E-state index contributed by atoms with van der Waals surface area (Å²) in [5, 5.41) is 6.12. The molecule has 0 aromatic heterocycles. The number of para-hydroxylation sites is 1. The SMILES string of the molecule is CC(C)(C)OC(=O)NC(CCNC(=O)Oc1ccccc1)c1ccc(Cl)cc1. The minimum Gasteiger partial charge on any atom is -0.444 e. The van der Waals surface area contributed by atoms with Gasteiger partial charge in [-0.1, -0.05) is 41.9 Å². The summed E-state index contributed by atoms with van der Waals surface area (Å²) in [7, 11) is 0. The summed E-state index contributed by atoms with van der Waals surface area (Å²) in [5.41, 5.74) is 0.250. The summed E-state index contributed by atoms with van der Waals surface area (Å²) in [6.45, 7) is 5.69. The van der Waals surface area contributed by atoms with E-state index in [9.17, 15) is 9.59 Å². The summed E-state index contributed by atoms with van der Waals surface area (Å²) in [6.07, 6.45) is -0.636. The molecular weight excluding hydrogens is 380 g/mol. The molecule has 0 aliphatic rings. The number of rotatable bonds is 6. The van der Waals surface area contributed by atoms with Crippen molar-refractivity contribution in [1.29, 1.82) is 0 Å². The van der Waals surface area contributed by atoms with Crippen LogP contribution in [0.1, 0.15) is 38.8 Å². The third-order valence-corrected chi connectivity index (χ3v) is 3.87. The van der Waals surface area contributed by atoms with Gasteiger partial charge in [-0.3, -0.25) is 0 Å². The van der Waals surface area contributed by atoms with Gasteiger partial charge >= 0.3 is 12.2 Å². The molecule has 2 aromatic rings. The van der Waals surface area contributed by atoms with Crippen molar-refractivity contribution in [3.8, 4) is 5.75 Å². The fourth-order valence-corrected chi connectivity index (χ4v) is 2.54.